The van der Waals surface area contributed by atoms with Crippen LogP contribution in [0, 0.1) is 0 Å². The smallest absolute Gasteiger partial charge is 0.218 e. The average molecular weight is 245 g/mol. The number of rotatable bonds is 1. The lowest BCUT2D eigenvalue weighted by Crippen LogP contribution is -1.88. The van der Waals surface area contributed by atoms with Crippen LogP contribution in [0.2, 0.25) is 0 Å². The maximum atomic E-state index is 4.17. The maximum absolute atomic E-state index is 4.17. The zero-order valence-electron chi connectivity index (χ0n) is 6.23. The number of hydrogen-bond acceptors (Lipinski definition) is 4. The standard InChI is InChI=1S/C6H5BrN4S/c1-12-6-9-5-8-2-4(7)3-11(5)10-6/h2-3H,1H3. The molecule has 6 heteroatoms. The van der Waals surface area contributed by atoms with Gasteiger partial charge in [-0.2, -0.15) is 4.98 Å². The number of fused-ring (bicyclic) bond motifs is 1. The summed E-state index contributed by atoms with van der Waals surface area (Å²) in [6.07, 6.45) is 5.47. The fourth-order valence-corrected chi connectivity index (χ4v) is 1.47. The summed E-state index contributed by atoms with van der Waals surface area (Å²) in [6.45, 7) is 0. The number of thioether (sulfide) groups is 1. The van der Waals surface area contributed by atoms with Crippen molar-refractivity contribution in [3.05, 3.63) is 16.9 Å². The number of halogens is 1. The van der Waals surface area contributed by atoms with E-state index in [1.807, 2.05) is 12.5 Å². The van der Waals surface area contributed by atoms with Crippen LogP contribution in [0.5, 0.6) is 0 Å². The first-order chi connectivity index (χ1) is 5.79. The third-order valence-corrected chi connectivity index (χ3v) is 2.27. The van der Waals surface area contributed by atoms with Crippen molar-refractivity contribution in [1.82, 2.24) is 19.6 Å². The summed E-state index contributed by atoms with van der Waals surface area (Å²) in [7, 11) is 0. The van der Waals surface area contributed by atoms with Crippen molar-refractivity contribution in [2.75, 3.05) is 6.26 Å². The Bertz CT molecular complexity index is 413. The van der Waals surface area contributed by atoms with Gasteiger partial charge < -0.3 is 0 Å². The van der Waals surface area contributed by atoms with Crippen molar-refractivity contribution < 1.29 is 0 Å². The molecule has 2 rings (SSSR count). The Morgan fingerprint density at radius 3 is 3.17 bits per heavy atom. The molecule has 0 aliphatic rings. The van der Waals surface area contributed by atoms with Crippen molar-refractivity contribution in [3.63, 3.8) is 0 Å². The van der Waals surface area contributed by atoms with Crippen LogP contribution in [-0.2, 0) is 0 Å². The molecule has 0 atom stereocenters. The molecule has 0 aromatic carbocycles. The average Bonchev–Trinajstić information content (AvgIpc) is 2.46. The number of nitrogens with zero attached hydrogens (tertiary/aromatic N) is 4. The molecule has 0 aliphatic carbocycles. The molecule has 0 bridgehead atoms. The zero-order valence-corrected chi connectivity index (χ0v) is 8.63. The SMILES string of the molecule is CSc1nc2ncc(Br)cn2n1. The van der Waals surface area contributed by atoms with E-state index in [0.717, 1.165) is 9.63 Å². The summed E-state index contributed by atoms with van der Waals surface area (Å²) in [5.74, 6) is 0.627. The highest BCUT2D eigenvalue weighted by Gasteiger charge is 2.02. The molecule has 2 aromatic rings. The lowest BCUT2D eigenvalue weighted by Gasteiger charge is -1.88. The Labute approximate surface area is 81.5 Å². The lowest BCUT2D eigenvalue weighted by molar-refractivity contribution is 0.877. The normalized spacial score (nSPS) is 10.8. The minimum atomic E-state index is 0.627. The molecule has 0 aliphatic heterocycles. The van der Waals surface area contributed by atoms with Crippen LogP contribution in [0.4, 0.5) is 0 Å². The summed E-state index contributed by atoms with van der Waals surface area (Å²) in [5, 5.41) is 4.90. The van der Waals surface area contributed by atoms with E-state index in [1.54, 1.807) is 10.7 Å². The summed E-state index contributed by atoms with van der Waals surface area (Å²) >= 11 is 4.81. The van der Waals surface area contributed by atoms with Crippen molar-refractivity contribution in [1.29, 1.82) is 0 Å². The van der Waals surface area contributed by atoms with Gasteiger partial charge in [0.15, 0.2) is 0 Å². The molecule has 2 heterocycles. The van der Waals surface area contributed by atoms with E-state index in [-0.39, 0.29) is 0 Å². The van der Waals surface area contributed by atoms with Crippen LogP contribution < -0.4 is 0 Å². The molecule has 12 heavy (non-hydrogen) atoms. The minimum Gasteiger partial charge on any atom is -0.218 e. The van der Waals surface area contributed by atoms with Gasteiger partial charge in [0.2, 0.25) is 5.16 Å². The van der Waals surface area contributed by atoms with Crippen molar-refractivity contribution >= 4 is 33.5 Å². The second-order valence-corrected chi connectivity index (χ2v) is 3.80. The van der Waals surface area contributed by atoms with E-state index < -0.39 is 0 Å². The molecular formula is C6H5BrN4S. The van der Waals surface area contributed by atoms with Gasteiger partial charge >= 0.3 is 0 Å². The van der Waals surface area contributed by atoms with Crippen LogP contribution in [0.25, 0.3) is 5.78 Å². The molecule has 2 aromatic heterocycles. The van der Waals surface area contributed by atoms with Crippen LogP contribution >= 0.6 is 27.7 Å². The Morgan fingerprint density at radius 2 is 2.42 bits per heavy atom. The third-order valence-electron chi connectivity index (χ3n) is 1.33. The van der Waals surface area contributed by atoms with Gasteiger partial charge in [-0.15, -0.1) is 5.10 Å². The summed E-state index contributed by atoms with van der Waals surface area (Å²) in [5.41, 5.74) is 0. The highest BCUT2D eigenvalue weighted by atomic mass is 79.9. The molecule has 0 radical (unpaired) electrons. The zero-order chi connectivity index (χ0) is 8.55. The van der Waals surface area contributed by atoms with Gasteiger partial charge in [-0.1, -0.05) is 11.8 Å². The second-order valence-electron chi connectivity index (χ2n) is 2.12. The van der Waals surface area contributed by atoms with Gasteiger partial charge in [-0.25, -0.2) is 9.50 Å². The fourth-order valence-electron chi connectivity index (χ4n) is 0.827. The van der Waals surface area contributed by atoms with E-state index in [0.29, 0.717) is 5.78 Å². The highest BCUT2D eigenvalue weighted by molar-refractivity contribution is 9.10. The Balaban J connectivity index is 2.67. The predicted octanol–water partition coefficient (Wildman–Crippen LogP) is 1.61. The highest BCUT2D eigenvalue weighted by Crippen LogP contribution is 2.11. The maximum Gasteiger partial charge on any atom is 0.253 e. The first-order valence-electron chi connectivity index (χ1n) is 3.21. The van der Waals surface area contributed by atoms with Gasteiger partial charge in [0.05, 0.1) is 4.47 Å². The van der Waals surface area contributed by atoms with Crippen LogP contribution in [0.3, 0.4) is 0 Å². The van der Waals surface area contributed by atoms with E-state index >= 15 is 0 Å². The predicted molar refractivity (Wildman–Crippen MR) is 50.3 cm³/mol. The molecule has 0 saturated heterocycles. The lowest BCUT2D eigenvalue weighted by atomic mass is 10.7. The Morgan fingerprint density at radius 1 is 1.58 bits per heavy atom. The molecular weight excluding hydrogens is 240 g/mol. The summed E-state index contributed by atoms with van der Waals surface area (Å²) in [4.78, 5) is 8.23. The van der Waals surface area contributed by atoms with E-state index in [9.17, 15) is 0 Å². The van der Waals surface area contributed by atoms with E-state index in [1.165, 1.54) is 11.8 Å². The quantitative estimate of drug-likeness (QED) is 0.716. The molecule has 0 amide bonds. The molecule has 4 nitrogen and oxygen atoms in total. The summed E-state index contributed by atoms with van der Waals surface area (Å²) in [6, 6.07) is 0. The Hall–Kier alpha value is -0.620. The molecule has 0 N–H and O–H groups in total. The monoisotopic (exact) mass is 244 g/mol. The van der Waals surface area contributed by atoms with Crippen LogP contribution in [-0.4, -0.2) is 25.8 Å². The fraction of sp³-hybridized carbons (Fsp3) is 0.167. The van der Waals surface area contributed by atoms with Gasteiger partial charge in [0, 0.05) is 12.4 Å². The summed E-state index contributed by atoms with van der Waals surface area (Å²) < 4.78 is 2.54. The van der Waals surface area contributed by atoms with E-state index in [4.69, 9.17) is 0 Å². The van der Waals surface area contributed by atoms with Crippen LogP contribution in [0.1, 0.15) is 0 Å². The molecule has 0 unspecified atom stereocenters. The van der Waals surface area contributed by atoms with E-state index in [2.05, 4.69) is 31.0 Å². The molecule has 62 valence electrons. The first kappa shape index (κ1) is 8.00. The second kappa shape index (κ2) is 3.02. The van der Waals surface area contributed by atoms with Crippen molar-refractivity contribution in [3.8, 4) is 0 Å². The molecule has 0 fully saturated rings. The van der Waals surface area contributed by atoms with Gasteiger partial charge in [0.1, 0.15) is 0 Å². The first-order valence-corrected chi connectivity index (χ1v) is 5.23. The topological polar surface area (TPSA) is 43.1 Å². The van der Waals surface area contributed by atoms with Gasteiger partial charge in [-0.05, 0) is 22.2 Å². The number of aromatic nitrogens is 4. The molecule has 0 spiro atoms. The van der Waals surface area contributed by atoms with Crippen LogP contribution in [0.15, 0.2) is 22.0 Å². The largest absolute Gasteiger partial charge is 0.253 e. The third kappa shape index (κ3) is 1.32. The van der Waals surface area contributed by atoms with Gasteiger partial charge in [0.25, 0.3) is 5.78 Å². The minimum absolute atomic E-state index is 0.627. The van der Waals surface area contributed by atoms with Crippen molar-refractivity contribution in [2.45, 2.75) is 5.16 Å². The molecule has 0 saturated carbocycles. The number of hydrogen-bond donors (Lipinski definition) is 0. The van der Waals surface area contributed by atoms with Gasteiger partial charge in [-0.3, -0.25) is 0 Å². The Kier molecular flexibility index (Phi) is 2.02. The van der Waals surface area contributed by atoms with Crippen molar-refractivity contribution in [2.24, 2.45) is 0 Å².